The highest BCUT2D eigenvalue weighted by molar-refractivity contribution is 6.30. The molecule has 0 spiro atoms. The van der Waals surface area contributed by atoms with Crippen molar-refractivity contribution in [2.24, 2.45) is 0 Å². The van der Waals surface area contributed by atoms with Gasteiger partial charge in [-0.25, -0.2) is 4.79 Å². The zero-order valence-electron chi connectivity index (χ0n) is 12.6. The molecule has 0 unspecified atom stereocenters. The number of piperazine rings is 1. The van der Waals surface area contributed by atoms with Crippen molar-refractivity contribution in [3.63, 3.8) is 0 Å². The Morgan fingerprint density at radius 1 is 1.36 bits per heavy atom. The van der Waals surface area contributed by atoms with Crippen LogP contribution >= 0.6 is 11.6 Å². The molecule has 116 valence electrons. The van der Waals surface area contributed by atoms with E-state index >= 15 is 0 Å². The number of amides is 1. The quantitative estimate of drug-likeness (QED) is 0.689. The van der Waals surface area contributed by atoms with Crippen LogP contribution in [-0.2, 0) is 4.74 Å². The first-order valence-corrected chi connectivity index (χ1v) is 7.91. The summed E-state index contributed by atoms with van der Waals surface area (Å²) < 4.78 is 4.81. The van der Waals surface area contributed by atoms with Gasteiger partial charge in [0.15, 0.2) is 0 Å². The van der Waals surface area contributed by atoms with Crippen molar-refractivity contribution >= 4 is 17.7 Å². The van der Waals surface area contributed by atoms with Crippen molar-refractivity contribution in [1.29, 1.82) is 0 Å². The zero-order valence-corrected chi connectivity index (χ0v) is 13.3. The van der Waals surface area contributed by atoms with Crippen LogP contribution in [0.2, 0.25) is 5.02 Å². The Bertz CT molecular complexity index is 623. The third kappa shape index (κ3) is 3.21. The number of fused-ring (bicyclic) bond motifs is 1. The number of carbonyl (C=O) groups is 1. The lowest BCUT2D eigenvalue weighted by atomic mass is 10.1. The Kier molecular flexibility index (Phi) is 4.56. The molecule has 0 radical (unpaired) electrons. The average molecular weight is 319 g/mol. The molecule has 2 heterocycles. The molecule has 2 aliphatic rings. The largest absolute Gasteiger partial charge is 0.453 e. The van der Waals surface area contributed by atoms with Crippen LogP contribution in [0.3, 0.4) is 0 Å². The summed E-state index contributed by atoms with van der Waals surface area (Å²) in [7, 11) is 1.43. The molecular formula is C17H19ClN2O2. The summed E-state index contributed by atoms with van der Waals surface area (Å²) in [4.78, 5) is 15.8. The van der Waals surface area contributed by atoms with Crippen LogP contribution in [0, 0.1) is 11.8 Å². The number of halogens is 1. The lowest BCUT2D eigenvalue weighted by Crippen LogP contribution is -2.53. The van der Waals surface area contributed by atoms with Gasteiger partial charge in [-0.05, 0) is 31.0 Å². The minimum Gasteiger partial charge on any atom is -0.453 e. The first-order chi connectivity index (χ1) is 10.7. The number of rotatable bonds is 0. The van der Waals surface area contributed by atoms with Gasteiger partial charge >= 0.3 is 6.09 Å². The first-order valence-electron chi connectivity index (χ1n) is 7.53. The van der Waals surface area contributed by atoms with Gasteiger partial charge in [-0.1, -0.05) is 29.5 Å². The molecule has 1 aromatic carbocycles. The van der Waals surface area contributed by atoms with Gasteiger partial charge in [-0.2, -0.15) is 0 Å². The third-order valence-corrected chi connectivity index (χ3v) is 4.58. The van der Waals surface area contributed by atoms with Gasteiger partial charge < -0.3 is 9.64 Å². The van der Waals surface area contributed by atoms with Crippen LogP contribution in [0.25, 0.3) is 0 Å². The van der Waals surface area contributed by atoms with Crippen LogP contribution in [0.1, 0.15) is 18.4 Å². The molecule has 1 aromatic rings. The second-order valence-electron chi connectivity index (χ2n) is 5.68. The third-order valence-electron chi connectivity index (χ3n) is 4.34. The van der Waals surface area contributed by atoms with E-state index in [9.17, 15) is 4.79 Å². The Balaban J connectivity index is 1.66. The Hall–Kier alpha value is -1.70. The van der Waals surface area contributed by atoms with Crippen LogP contribution in [0.5, 0.6) is 0 Å². The summed E-state index contributed by atoms with van der Waals surface area (Å²) in [6, 6.07) is 8.29. The summed E-state index contributed by atoms with van der Waals surface area (Å²) in [5.41, 5.74) is 0.948. The molecule has 2 aliphatic heterocycles. The molecule has 0 N–H and O–H groups in total. The Morgan fingerprint density at radius 3 is 3.00 bits per heavy atom. The number of ether oxygens (including phenoxy) is 1. The molecule has 0 saturated carbocycles. The van der Waals surface area contributed by atoms with Crippen molar-refractivity contribution in [3.05, 3.63) is 34.9 Å². The maximum atomic E-state index is 11.6. The topological polar surface area (TPSA) is 32.8 Å². The van der Waals surface area contributed by atoms with E-state index in [0.717, 1.165) is 31.5 Å². The number of nitrogens with zero attached hydrogens (tertiary/aromatic N) is 2. The fraction of sp³-hybridized carbons (Fsp3) is 0.471. The van der Waals surface area contributed by atoms with Gasteiger partial charge in [0, 0.05) is 36.3 Å². The Labute approximate surface area is 136 Å². The molecule has 2 saturated heterocycles. The normalized spacial score (nSPS) is 24.4. The molecule has 0 bridgehead atoms. The van der Waals surface area contributed by atoms with E-state index in [1.807, 2.05) is 24.3 Å². The highest BCUT2D eigenvalue weighted by Crippen LogP contribution is 2.27. The molecule has 22 heavy (non-hydrogen) atoms. The Morgan fingerprint density at radius 2 is 2.23 bits per heavy atom. The summed E-state index contributed by atoms with van der Waals surface area (Å²) in [5.74, 6) is 6.59. The van der Waals surface area contributed by atoms with Crippen LogP contribution in [0.4, 0.5) is 4.79 Å². The fourth-order valence-electron chi connectivity index (χ4n) is 3.24. The number of hydrogen-bond donors (Lipinski definition) is 0. The van der Waals surface area contributed by atoms with Crippen LogP contribution < -0.4 is 0 Å². The van der Waals surface area contributed by atoms with Gasteiger partial charge in [0.1, 0.15) is 0 Å². The molecule has 2 fully saturated rings. The lowest BCUT2D eigenvalue weighted by molar-refractivity contribution is 0.0702. The maximum absolute atomic E-state index is 11.6. The van der Waals surface area contributed by atoms with Crippen molar-refractivity contribution < 1.29 is 9.53 Å². The lowest BCUT2D eigenvalue weighted by Gasteiger charge is -2.38. The second kappa shape index (κ2) is 6.60. The second-order valence-corrected chi connectivity index (χ2v) is 6.12. The minimum absolute atomic E-state index is 0.229. The van der Waals surface area contributed by atoms with Crippen molar-refractivity contribution in [3.8, 4) is 11.8 Å². The molecule has 0 aliphatic carbocycles. The van der Waals surface area contributed by atoms with E-state index in [1.165, 1.54) is 7.11 Å². The average Bonchev–Trinajstić information content (AvgIpc) is 2.94. The van der Waals surface area contributed by atoms with E-state index < -0.39 is 0 Å². The van der Waals surface area contributed by atoms with Gasteiger partial charge in [0.25, 0.3) is 0 Å². The molecule has 3 rings (SSSR count). The van der Waals surface area contributed by atoms with Crippen molar-refractivity contribution in [1.82, 2.24) is 9.80 Å². The molecule has 4 nitrogen and oxygen atoms in total. The van der Waals surface area contributed by atoms with E-state index in [2.05, 4.69) is 16.7 Å². The number of carbonyl (C=O) groups excluding carboxylic acids is 1. The monoisotopic (exact) mass is 318 g/mol. The fourth-order valence-corrected chi connectivity index (χ4v) is 3.43. The van der Waals surface area contributed by atoms with E-state index in [0.29, 0.717) is 17.6 Å². The summed E-state index contributed by atoms with van der Waals surface area (Å²) in [6.45, 7) is 2.30. The predicted molar refractivity (Wildman–Crippen MR) is 85.8 cm³/mol. The zero-order chi connectivity index (χ0) is 15.5. The van der Waals surface area contributed by atoms with Crippen LogP contribution in [0.15, 0.2) is 24.3 Å². The van der Waals surface area contributed by atoms with E-state index in [-0.39, 0.29) is 12.1 Å². The van der Waals surface area contributed by atoms with E-state index in [4.69, 9.17) is 16.3 Å². The van der Waals surface area contributed by atoms with Gasteiger partial charge in [0.2, 0.25) is 0 Å². The van der Waals surface area contributed by atoms with Gasteiger partial charge in [-0.3, -0.25) is 4.90 Å². The van der Waals surface area contributed by atoms with E-state index in [1.54, 1.807) is 4.90 Å². The summed E-state index contributed by atoms with van der Waals surface area (Å²) >= 11 is 5.98. The summed E-state index contributed by atoms with van der Waals surface area (Å²) in [6.07, 6.45) is 1.89. The maximum Gasteiger partial charge on any atom is 0.409 e. The molecular weight excluding hydrogens is 300 g/mol. The minimum atomic E-state index is -0.229. The van der Waals surface area contributed by atoms with Gasteiger partial charge in [0.05, 0.1) is 13.2 Å². The smallest absolute Gasteiger partial charge is 0.409 e. The van der Waals surface area contributed by atoms with Crippen LogP contribution in [-0.4, -0.2) is 54.7 Å². The van der Waals surface area contributed by atoms with Gasteiger partial charge in [-0.15, -0.1) is 0 Å². The number of hydrogen-bond acceptors (Lipinski definition) is 3. The summed E-state index contributed by atoms with van der Waals surface area (Å²) in [5, 5.41) is 0.711. The number of methoxy groups -OCH3 is 1. The first kappa shape index (κ1) is 15.2. The van der Waals surface area contributed by atoms with Crippen molar-refractivity contribution in [2.75, 3.05) is 26.7 Å². The molecule has 1 amide bonds. The SMILES string of the molecule is COC(=O)N1CCN2[C@@H](CC[C@H]2C#Cc2cccc(Cl)c2)C1. The molecule has 2 atom stereocenters. The van der Waals surface area contributed by atoms with Crippen molar-refractivity contribution in [2.45, 2.75) is 24.9 Å². The molecule has 0 aromatic heterocycles. The highest BCUT2D eigenvalue weighted by Gasteiger charge is 2.38. The number of benzene rings is 1. The standard InChI is InChI=1S/C17H19ClN2O2/c1-22-17(21)19-9-10-20-15(7-8-16(20)12-19)6-5-13-3-2-4-14(18)11-13/h2-4,11,15-16H,7-10,12H2,1H3/t15-,16+/m1/s1. The predicted octanol–water partition coefficient (Wildman–Crippen LogP) is 2.61. The highest BCUT2D eigenvalue weighted by atomic mass is 35.5. The molecule has 5 heteroatoms.